The molecule has 2 N–H and O–H groups in total. The fourth-order valence-electron chi connectivity index (χ4n) is 2.89. The van der Waals surface area contributed by atoms with E-state index >= 15 is 0 Å². The summed E-state index contributed by atoms with van der Waals surface area (Å²) in [6.07, 6.45) is 1.95. The molecular weight excluding hydrogens is 256 g/mol. The Balaban J connectivity index is 2.43. The number of nitro benzene ring substituents is 1. The van der Waals surface area contributed by atoms with Crippen LogP contribution >= 0.6 is 0 Å². The molecule has 1 aromatic rings. The van der Waals surface area contributed by atoms with E-state index in [2.05, 4.69) is 23.8 Å². The molecule has 0 saturated carbocycles. The summed E-state index contributed by atoms with van der Waals surface area (Å²) in [5, 5.41) is 11.3. The van der Waals surface area contributed by atoms with Crippen molar-refractivity contribution in [2.75, 3.05) is 37.3 Å². The number of hydrogen-bond acceptors (Lipinski definition) is 5. The summed E-state index contributed by atoms with van der Waals surface area (Å²) in [6, 6.07) is 5.47. The van der Waals surface area contributed by atoms with Crippen LogP contribution < -0.4 is 10.6 Å². The maximum Gasteiger partial charge on any atom is 0.315 e. The topological polar surface area (TPSA) is 75.6 Å². The molecule has 1 atom stereocenters. The molecule has 1 heterocycles. The largest absolute Gasteiger partial charge is 0.393 e. The average molecular weight is 278 g/mol. The maximum absolute atomic E-state index is 11.3. The summed E-state index contributed by atoms with van der Waals surface area (Å²) in [4.78, 5) is 15.4. The van der Waals surface area contributed by atoms with Gasteiger partial charge in [-0.15, -0.1) is 0 Å². The molecule has 2 rings (SSSR count). The van der Waals surface area contributed by atoms with Crippen molar-refractivity contribution in [3.8, 4) is 0 Å². The fourth-order valence-corrected chi connectivity index (χ4v) is 2.89. The van der Waals surface area contributed by atoms with E-state index in [9.17, 15) is 10.1 Å². The first-order valence-electron chi connectivity index (χ1n) is 7.02. The van der Waals surface area contributed by atoms with E-state index in [0.717, 1.165) is 32.5 Å². The van der Waals surface area contributed by atoms with Crippen LogP contribution in [0.2, 0.25) is 0 Å². The first kappa shape index (κ1) is 14.6. The van der Waals surface area contributed by atoms with Crippen molar-refractivity contribution >= 4 is 17.1 Å². The number of benzene rings is 1. The number of nitrogens with two attached hydrogens (primary N) is 1. The number of likely N-dealkylation sites (N-methyl/N-ethyl adjacent to an activating group) is 1. The van der Waals surface area contributed by atoms with Gasteiger partial charge in [0.2, 0.25) is 0 Å². The van der Waals surface area contributed by atoms with Crippen LogP contribution in [0.1, 0.15) is 19.8 Å². The van der Waals surface area contributed by atoms with Crippen molar-refractivity contribution in [1.29, 1.82) is 0 Å². The first-order chi connectivity index (χ1) is 9.54. The molecule has 0 bridgehead atoms. The lowest BCUT2D eigenvalue weighted by atomic mass is 10.1. The Labute approximate surface area is 119 Å². The number of nitrogens with zero attached hydrogens (tertiary/aromatic N) is 3. The summed E-state index contributed by atoms with van der Waals surface area (Å²) in [7, 11) is 2.10. The highest BCUT2D eigenvalue weighted by atomic mass is 16.6. The Bertz CT molecular complexity index is 492. The minimum absolute atomic E-state index is 0.0375. The van der Waals surface area contributed by atoms with Gasteiger partial charge in [0.15, 0.2) is 0 Å². The molecule has 0 aromatic heterocycles. The maximum atomic E-state index is 11.3. The molecule has 110 valence electrons. The standard InChI is InChI=1S/C14H22N4O2/c1-3-11-10-16(2)8-5-9-17(11)13-7-4-6-12(15)14(13)18(19)20/h4,6-7,11H,3,5,8-10,15H2,1-2H3. The number of para-hydroxylation sites is 1. The molecule has 1 fully saturated rings. The van der Waals surface area contributed by atoms with Gasteiger partial charge in [-0.2, -0.15) is 0 Å². The first-order valence-corrected chi connectivity index (χ1v) is 7.02. The number of rotatable bonds is 3. The van der Waals surface area contributed by atoms with Crippen LogP contribution in [0.5, 0.6) is 0 Å². The minimum atomic E-state index is -0.369. The summed E-state index contributed by atoms with van der Waals surface area (Å²) in [5.74, 6) is 0. The van der Waals surface area contributed by atoms with E-state index in [-0.39, 0.29) is 22.3 Å². The third kappa shape index (κ3) is 2.85. The Morgan fingerprint density at radius 1 is 1.45 bits per heavy atom. The van der Waals surface area contributed by atoms with Crippen molar-refractivity contribution in [3.63, 3.8) is 0 Å². The van der Waals surface area contributed by atoms with Gasteiger partial charge in [-0.3, -0.25) is 10.1 Å². The molecule has 0 radical (unpaired) electrons. The molecule has 1 saturated heterocycles. The van der Waals surface area contributed by atoms with Gasteiger partial charge in [-0.05, 0) is 38.6 Å². The molecular formula is C14H22N4O2. The zero-order chi connectivity index (χ0) is 14.7. The van der Waals surface area contributed by atoms with Crippen LogP contribution in [0, 0.1) is 10.1 Å². The quantitative estimate of drug-likeness (QED) is 0.520. The van der Waals surface area contributed by atoms with Crippen molar-refractivity contribution in [2.45, 2.75) is 25.8 Å². The summed E-state index contributed by atoms with van der Waals surface area (Å²) in [6.45, 7) is 4.88. The summed E-state index contributed by atoms with van der Waals surface area (Å²) < 4.78 is 0. The van der Waals surface area contributed by atoms with E-state index in [1.165, 1.54) is 0 Å². The molecule has 0 aliphatic carbocycles. The number of nitro groups is 1. The minimum Gasteiger partial charge on any atom is -0.393 e. The lowest BCUT2D eigenvalue weighted by molar-refractivity contribution is -0.383. The fraction of sp³-hybridized carbons (Fsp3) is 0.571. The van der Waals surface area contributed by atoms with Gasteiger partial charge in [-0.25, -0.2) is 0 Å². The monoisotopic (exact) mass is 278 g/mol. The second kappa shape index (κ2) is 6.09. The smallest absolute Gasteiger partial charge is 0.315 e. The van der Waals surface area contributed by atoms with Crippen molar-refractivity contribution < 1.29 is 4.92 Å². The molecule has 1 aromatic carbocycles. The number of hydrogen-bond donors (Lipinski definition) is 1. The van der Waals surface area contributed by atoms with Gasteiger partial charge < -0.3 is 15.5 Å². The molecule has 20 heavy (non-hydrogen) atoms. The molecule has 6 nitrogen and oxygen atoms in total. The van der Waals surface area contributed by atoms with E-state index in [1.807, 2.05) is 6.07 Å². The Morgan fingerprint density at radius 2 is 2.20 bits per heavy atom. The average Bonchev–Trinajstić information content (AvgIpc) is 2.59. The predicted molar refractivity (Wildman–Crippen MR) is 81.0 cm³/mol. The third-order valence-electron chi connectivity index (χ3n) is 3.91. The Kier molecular flexibility index (Phi) is 4.44. The summed E-state index contributed by atoms with van der Waals surface area (Å²) in [5.41, 5.74) is 6.73. The lowest BCUT2D eigenvalue weighted by Gasteiger charge is -2.32. The van der Waals surface area contributed by atoms with Gasteiger partial charge in [0.05, 0.1) is 4.92 Å². The van der Waals surface area contributed by atoms with Crippen molar-refractivity contribution in [2.24, 2.45) is 0 Å². The van der Waals surface area contributed by atoms with Crippen LogP contribution in [0.3, 0.4) is 0 Å². The van der Waals surface area contributed by atoms with Crippen LogP contribution in [0.25, 0.3) is 0 Å². The van der Waals surface area contributed by atoms with Crippen molar-refractivity contribution in [1.82, 2.24) is 4.90 Å². The molecule has 1 aliphatic rings. The number of nitrogen functional groups attached to an aromatic ring is 1. The highest BCUT2D eigenvalue weighted by Crippen LogP contribution is 2.35. The molecule has 6 heteroatoms. The Morgan fingerprint density at radius 3 is 2.85 bits per heavy atom. The van der Waals surface area contributed by atoms with Crippen LogP contribution in [0.4, 0.5) is 17.1 Å². The Hall–Kier alpha value is -1.82. The number of anilines is 2. The zero-order valence-corrected chi connectivity index (χ0v) is 12.1. The van der Waals surface area contributed by atoms with E-state index in [0.29, 0.717) is 5.69 Å². The predicted octanol–water partition coefficient (Wildman–Crippen LogP) is 2.10. The van der Waals surface area contributed by atoms with Crippen LogP contribution in [-0.2, 0) is 0 Å². The highest BCUT2D eigenvalue weighted by Gasteiger charge is 2.28. The zero-order valence-electron chi connectivity index (χ0n) is 12.1. The molecule has 0 amide bonds. The second-order valence-electron chi connectivity index (χ2n) is 5.34. The lowest BCUT2D eigenvalue weighted by Crippen LogP contribution is -2.40. The normalized spacial score (nSPS) is 20.7. The van der Waals surface area contributed by atoms with Gasteiger partial charge >= 0.3 is 5.69 Å². The van der Waals surface area contributed by atoms with E-state index in [4.69, 9.17) is 5.73 Å². The van der Waals surface area contributed by atoms with Gasteiger partial charge in [-0.1, -0.05) is 13.0 Å². The summed E-state index contributed by atoms with van der Waals surface area (Å²) >= 11 is 0. The molecule has 1 unspecified atom stereocenters. The molecule has 0 spiro atoms. The van der Waals surface area contributed by atoms with Crippen molar-refractivity contribution in [3.05, 3.63) is 28.3 Å². The second-order valence-corrected chi connectivity index (χ2v) is 5.34. The van der Waals surface area contributed by atoms with Gasteiger partial charge in [0.25, 0.3) is 0 Å². The van der Waals surface area contributed by atoms with E-state index in [1.54, 1.807) is 12.1 Å². The van der Waals surface area contributed by atoms with E-state index < -0.39 is 0 Å². The van der Waals surface area contributed by atoms with Gasteiger partial charge in [0.1, 0.15) is 11.4 Å². The SMILES string of the molecule is CCC1CN(C)CCCN1c1cccc(N)c1[N+](=O)[O-]. The molecule has 1 aliphatic heterocycles. The van der Waals surface area contributed by atoms with Crippen LogP contribution in [0.15, 0.2) is 18.2 Å². The highest BCUT2D eigenvalue weighted by molar-refractivity contribution is 5.75. The third-order valence-corrected chi connectivity index (χ3v) is 3.91. The van der Waals surface area contributed by atoms with Gasteiger partial charge in [0, 0.05) is 19.1 Å². The van der Waals surface area contributed by atoms with Crippen LogP contribution in [-0.4, -0.2) is 42.5 Å².